The topological polar surface area (TPSA) is 77.4 Å². The van der Waals surface area contributed by atoms with Crippen LogP contribution in [0.15, 0.2) is 30.3 Å². The van der Waals surface area contributed by atoms with E-state index in [1.165, 1.54) is 7.11 Å². The van der Waals surface area contributed by atoms with Crippen molar-refractivity contribution in [2.45, 2.75) is 37.9 Å². The van der Waals surface area contributed by atoms with Gasteiger partial charge in [0.25, 0.3) is 0 Å². The van der Waals surface area contributed by atoms with Crippen LogP contribution in [0.3, 0.4) is 0 Å². The standard InChI is InChI=1S/C20H22O6/c1-11(21)15(12-3-4-17-20(6-12)25-10-24-17)8-14-5-13-7-19(23-2)16(22)9-18(13)26-14/h3-4,6-7,9,11,14-15,21-22H,5,8,10H2,1-2H3/t11?,14-,15+/m1/s1. The summed E-state index contributed by atoms with van der Waals surface area (Å²) in [5, 5.41) is 20.3. The highest BCUT2D eigenvalue weighted by atomic mass is 16.7. The van der Waals surface area contributed by atoms with Gasteiger partial charge in [0.1, 0.15) is 11.9 Å². The van der Waals surface area contributed by atoms with Crippen LogP contribution in [0, 0.1) is 0 Å². The predicted molar refractivity (Wildman–Crippen MR) is 94.4 cm³/mol. The van der Waals surface area contributed by atoms with Gasteiger partial charge in [-0.25, -0.2) is 0 Å². The molecule has 2 heterocycles. The Labute approximate surface area is 151 Å². The van der Waals surface area contributed by atoms with Crippen molar-refractivity contribution in [2.75, 3.05) is 13.9 Å². The summed E-state index contributed by atoms with van der Waals surface area (Å²) in [6.45, 7) is 2.01. The van der Waals surface area contributed by atoms with Crippen LogP contribution in [0.2, 0.25) is 0 Å². The molecule has 0 bridgehead atoms. The highest BCUT2D eigenvalue weighted by Crippen LogP contribution is 2.42. The van der Waals surface area contributed by atoms with Gasteiger partial charge in [-0.2, -0.15) is 0 Å². The number of hydrogen-bond donors (Lipinski definition) is 2. The van der Waals surface area contributed by atoms with Crippen LogP contribution in [0.5, 0.6) is 28.7 Å². The van der Waals surface area contributed by atoms with Gasteiger partial charge in [-0.3, -0.25) is 0 Å². The average molecular weight is 358 g/mol. The second-order valence-corrected chi connectivity index (χ2v) is 6.77. The summed E-state index contributed by atoms with van der Waals surface area (Å²) < 4.78 is 22.0. The maximum atomic E-state index is 10.3. The minimum atomic E-state index is -0.536. The van der Waals surface area contributed by atoms with Crippen molar-refractivity contribution in [1.82, 2.24) is 0 Å². The lowest BCUT2D eigenvalue weighted by atomic mass is 9.87. The lowest BCUT2D eigenvalue weighted by Gasteiger charge is -2.23. The first-order valence-corrected chi connectivity index (χ1v) is 8.69. The van der Waals surface area contributed by atoms with Crippen molar-refractivity contribution in [3.63, 3.8) is 0 Å². The zero-order valence-electron chi connectivity index (χ0n) is 14.8. The molecule has 0 saturated carbocycles. The van der Waals surface area contributed by atoms with Crippen LogP contribution >= 0.6 is 0 Å². The summed E-state index contributed by atoms with van der Waals surface area (Å²) in [5.74, 6) is 2.51. The molecule has 0 radical (unpaired) electrons. The van der Waals surface area contributed by atoms with E-state index in [1.807, 2.05) is 24.3 Å². The summed E-state index contributed by atoms with van der Waals surface area (Å²) in [6, 6.07) is 9.16. The average Bonchev–Trinajstić information content (AvgIpc) is 3.23. The number of aliphatic hydroxyl groups excluding tert-OH is 1. The van der Waals surface area contributed by atoms with Gasteiger partial charge in [0.05, 0.1) is 13.2 Å². The van der Waals surface area contributed by atoms with E-state index in [1.54, 1.807) is 13.0 Å². The predicted octanol–water partition coefficient (Wildman–Crippen LogP) is 2.99. The minimum absolute atomic E-state index is 0.0646. The first-order valence-electron chi connectivity index (χ1n) is 8.69. The number of phenols is 1. The van der Waals surface area contributed by atoms with Crippen molar-refractivity contribution in [1.29, 1.82) is 0 Å². The second-order valence-electron chi connectivity index (χ2n) is 6.77. The summed E-state index contributed by atoms with van der Waals surface area (Å²) in [5.41, 5.74) is 1.99. The summed E-state index contributed by atoms with van der Waals surface area (Å²) in [4.78, 5) is 0. The third kappa shape index (κ3) is 3.01. The van der Waals surface area contributed by atoms with Gasteiger partial charge in [0.15, 0.2) is 23.0 Å². The molecule has 3 atom stereocenters. The van der Waals surface area contributed by atoms with Gasteiger partial charge in [-0.15, -0.1) is 0 Å². The van der Waals surface area contributed by atoms with E-state index < -0.39 is 6.10 Å². The third-order valence-corrected chi connectivity index (χ3v) is 5.03. The molecule has 0 amide bonds. The van der Waals surface area contributed by atoms with Crippen molar-refractivity contribution in [3.05, 3.63) is 41.5 Å². The van der Waals surface area contributed by atoms with E-state index in [4.69, 9.17) is 18.9 Å². The molecule has 1 unspecified atom stereocenters. The van der Waals surface area contributed by atoms with E-state index in [2.05, 4.69) is 0 Å². The zero-order valence-corrected chi connectivity index (χ0v) is 14.8. The van der Waals surface area contributed by atoms with Crippen LogP contribution < -0.4 is 18.9 Å². The molecule has 6 heteroatoms. The molecule has 138 valence electrons. The fraction of sp³-hybridized carbons (Fsp3) is 0.400. The van der Waals surface area contributed by atoms with Gasteiger partial charge in [-0.05, 0) is 37.1 Å². The number of fused-ring (bicyclic) bond motifs is 2. The molecule has 26 heavy (non-hydrogen) atoms. The molecule has 0 aliphatic carbocycles. The summed E-state index contributed by atoms with van der Waals surface area (Å²) in [7, 11) is 1.53. The first-order chi connectivity index (χ1) is 12.5. The van der Waals surface area contributed by atoms with Gasteiger partial charge in [0.2, 0.25) is 6.79 Å². The van der Waals surface area contributed by atoms with Crippen molar-refractivity contribution in [3.8, 4) is 28.7 Å². The van der Waals surface area contributed by atoms with Crippen LogP contribution in [0.1, 0.15) is 30.4 Å². The number of hydrogen-bond acceptors (Lipinski definition) is 6. The molecule has 2 N–H and O–H groups in total. The Kier molecular flexibility index (Phi) is 4.28. The Bertz CT molecular complexity index is 816. The third-order valence-electron chi connectivity index (χ3n) is 5.03. The highest BCUT2D eigenvalue weighted by Gasteiger charge is 2.30. The van der Waals surface area contributed by atoms with E-state index in [9.17, 15) is 10.2 Å². The van der Waals surface area contributed by atoms with E-state index >= 15 is 0 Å². The van der Waals surface area contributed by atoms with Crippen LogP contribution in [-0.2, 0) is 6.42 Å². The molecule has 2 aromatic carbocycles. The molecule has 2 aromatic rings. The highest BCUT2D eigenvalue weighted by molar-refractivity contribution is 5.52. The molecule has 4 rings (SSSR count). The molecule has 0 spiro atoms. The maximum absolute atomic E-state index is 10.3. The zero-order chi connectivity index (χ0) is 18.3. The second kappa shape index (κ2) is 6.61. The molecule has 2 aliphatic rings. The molecule has 0 aromatic heterocycles. The smallest absolute Gasteiger partial charge is 0.231 e. The number of aliphatic hydroxyl groups is 1. The Balaban J connectivity index is 1.53. The Morgan fingerprint density at radius 3 is 2.73 bits per heavy atom. The summed E-state index contributed by atoms with van der Waals surface area (Å²) in [6.07, 6.45) is 0.738. The van der Waals surface area contributed by atoms with E-state index in [0.29, 0.717) is 30.1 Å². The molecule has 2 aliphatic heterocycles. The van der Waals surface area contributed by atoms with Crippen LogP contribution in [-0.4, -0.2) is 36.3 Å². The lowest BCUT2D eigenvalue weighted by molar-refractivity contribution is 0.124. The quantitative estimate of drug-likeness (QED) is 0.856. The van der Waals surface area contributed by atoms with Gasteiger partial charge >= 0.3 is 0 Å². The maximum Gasteiger partial charge on any atom is 0.231 e. The molecular formula is C20H22O6. The van der Waals surface area contributed by atoms with Gasteiger partial charge in [0, 0.05) is 24.0 Å². The Morgan fingerprint density at radius 2 is 1.96 bits per heavy atom. The van der Waals surface area contributed by atoms with Crippen molar-refractivity contribution in [2.24, 2.45) is 0 Å². The number of methoxy groups -OCH3 is 1. The minimum Gasteiger partial charge on any atom is -0.504 e. The first kappa shape index (κ1) is 16.8. The largest absolute Gasteiger partial charge is 0.504 e. The molecule has 6 nitrogen and oxygen atoms in total. The normalized spacial score (nSPS) is 19.6. The summed E-state index contributed by atoms with van der Waals surface area (Å²) >= 11 is 0. The molecule has 0 saturated heterocycles. The van der Waals surface area contributed by atoms with Crippen molar-refractivity contribution < 1.29 is 29.2 Å². The van der Waals surface area contributed by atoms with Crippen LogP contribution in [0.4, 0.5) is 0 Å². The number of rotatable bonds is 5. The fourth-order valence-corrected chi connectivity index (χ4v) is 3.66. The molecular weight excluding hydrogens is 336 g/mol. The van der Waals surface area contributed by atoms with Gasteiger partial charge in [-0.1, -0.05) is 6.07 Å². The molecule has 0 fully saturated rings. The number of ether oxygens (including phenoxy) is 4. The Hall–Kier alpha value is -2.60. The number of phenolic OH excluding ortho intramolecular Hbond substituents is 1. The van der Waals surface area contributed by atoms with Crippen LogP contribution in [0.25, 0.3) is 0 Å². The SMILES string of the molecule is COc1cc2c(cc1O)O[C@@H](C[C@H](c1ccc3c(c1)OCO3)C(C)O)C2. The van der Waals surface area contributed by atoms with Crippen molar-refractivity contribution >= 4 is 0 Å². The van der Waals surface area contributed by atoms with E-state index in [0.717, 1.165) is 16.9 Å². The lowest BCUT2D eigenvalue weighted by Crippen LogP contribution is -2.23. The fourth-order valence-electron chi connectivity index (χ4n) is 3.66. The van der Waals surface area contributed by atoms with Gasteiger partial charge < -0.3 is 29.2 Å². The number of aromatic hydroxyl groups is 1. The van der Waals surface area contributed by atoms with E-state index in [-0.39, 0.29) is 24.6 Å². The monoisotopic (exact) mass is 358 g/mol. The Morgan fingerprint density at radius 1 is 1.15 bits per heavy atom. The number of benzene rings is 2.